The standard InChI is InChI=1S/C23H30N4O2/c1-18(28)27(22-12-10-20(11-13-22)25(2)3)17-14-23(29)24-19-6-8-21(9-7-19)26-15-4-5-16-26/h6-13H,4-5,14-17H2,1-3H3,(H,24,29). The maximum Gasteiger partial charge on any atom is 0.226 e. The molecule has 0 aliphatic carbocycles. The van der Waals surface area contributed by atoms with E-state index in [1.54, 1.807) is 4.90 Å². The number of carbonyl (C=O) groups is 2. The number of rotatable bonds is 7. The molecule has 154 valence electrons. The highest BCUT2D eigenvalue weighted by Gasteiger charge is 2.15. The van der Waals surface area contributed by atoms with Gasteiger partial charge in [-0.25, -0.2) is 0 Å². The highest BCUT2D eigenvalue weighted by molar-refractivity contribution is 5.95. The van der Waals surface area contributed by atoms with Crippen LogP contribution in [-0.2, 0) is 9.59 Å². The molecule has 2 aromatic carbocycles. The summed E-state index contributed by atoms with van der Waals surface area (Å²) in [6.45, 7) is 4.06. The van der Waals surface area contributed by atoms with Gasteiger partial charge in [-0.3, -0.25) is 9.59 Å². The molecule has 1 saturated heterocycles. The summed E-state index contributed by atoms with van der Waals surface area (Å²) in [4.78, 5) is 30.5. The second-order valence-corrected chi connectivity index (χ2v) is 7.62. The van der Waals surface area contributed by atoms with Crippen molar-refractivity contribution in [3.8, 4) is 0 Å². The molecule has 0 aromatic heterocycles. The third kappa shape index (κ3) is 5.50. The van der Waals surface area contributed by atoms with Crippen molar-refractivity contribution in [2.24, 2.45) is 0 Å². The topological polar surface area (TPSA) is 55.9 Å². The maximum atomic E-state index is 12.4. The molecule has 1 N–H and O–H groups in total. The minimum Gasteiger partial charge on any atom is -0.378 e. The number of hydrogen-bond donors (Lipinski definition) is 1. The summed E-state index contributed by atoms with van der Waals surface area (Å²) in [6.07, 6.45) is 2.72. The van der Waals surface area contributed by atoms with Gasteiger partial charge in [0.05, 0.1) is 0 Å². The normalized spacial score (nSPS) is 13.3. The molecule has 0 saturated carbocycles. The smallest absolute Gasteiger partial charge is 0.226 e. The van der Waals surface area contributed by atoms with Crippen LogP contribution in [0.4, 0.5) is 22.7 Å². The molecule has 0 unspecified atom stereocenters. The zero-order valence-corrected chi connectivity index (χ0v) is 17.5. The molecule has 1 fully saturated rings. The van der Waals surface area contributed by atoms with Gasteiger partial charge in [0.2, 0.25) is 11.8 Å². The van der Waals surface area contributed by atoms with E-state index in [0.29, 0.717) is 6.54 Å². The Morgan fingerprint density at radius 2 is 1.52 bits per heavy atom. The van der Waals surface area contributed by atoms with Crippen LogP contribution in [0.3, 0.4) is 0 Å². The fourth-order valence-corrected chi connectivity index (χ4v) is 3.57. The van der Waals surface area contributed by atoms with Gasteiger partial charge in [0.1, 0.15) is 0 Å². The van der Waals surface area contributed by atoms with Crippen LogP contribution in [0.2, 0.25) is 0 Å². The molecule has 2 amide bonds. The predicted molar refractivity (Wildman–Crippen MR) is 120 cm³/mol. The van der Waals surface area contributed by atoms with Gasteiger partial charge >= 0.3 is 0 Å². The zero-order valence-electron chi connectivity index (χ0n) is 17.5. The van der Waals surface area contributed by atoms with Crippen molar-refractivity contribution in [2.45, 2.75) is 26.2 Å². The maximum absolute atomic E-state index is 12.4. The quantitative estimate of drug-likeness (QED) is 0.777. The Hall–Kier alpha value is -3.02. The Morgan fingerprint density at radius 3 is 2.07 bits per heavy atom. The number of hydrogen-bond acceptors (Lipinski definition) is 4. The molecule has 29 heavy (non-hydrogen) atoms. The van der Waals surface area contributed by atoms with E-state index in [2.05, 4.69) is 22.3 Å². The highest BCUT2D eigenvalue weighted by atomic mass is 16.2. The summed E-state index contributed by atoms with van der Waals surface area (Å²) >= 11 is 0. The van der Waals surface area contributed by atoms with E-state index in [-0.39, 0.29) is 18.2 Å². The molecule has 6 heteroatoms. The van der Waals surface area contributed by atoms with E-state index >= 15 is 0 Å². The van der Waals surface area contributed by atoms with E-state index in [4.69, 9.17) is 0 Å². The Kier molecular flexibility index (Phi) is 6.75. The second kappa shape index (κ2) is 9.45. The van der Waals surface area contributed by atoms with Gasteiger partial charge in [-0.2, -0.15) is 0 Å². The Labute approximate surface area is 173 Å². The fourth-order valence-electron chi connectivity index (χ4n) is 3.57. The van der Waals surface area contributed by atoms with Gasteiger partial charge in [0.15, 0.2) is 0 Å². The average Bonchev–Trinajstić information content (AvgIpc) is 3.23. The molecule has 1 aliphatic rings. The molecule has 1 heterocycles. The van der Waals surface area contributed by atoms with E-state index < -0.39 is 0 Å². The number of amides is 2. The molecular weight excluding hydrogens is 364 g/mol. The third-order valence-corrected chi connectivity index (χ3v) is 5.24. The van der Waals surface area contributed by atoms with Crippen molar-refractivity contribution in [2.75, 3.05) is 53.7 Å². The number of nitrogens with zero attached hydrogens (tertiary/aromatic N) is 3. The highest BCUT2D eigenvalue weighted by Crippen LogP contribution is 2.23. The summed E-state index contributed by atoms with van der Waals surface area (Å²) in [5, 5.41) is 2.93. The lowest BCUT2D eigenvalue weighted by Crippen LogP contribution is -2.32. The molecule has 0 spiro atoms. The Morgan fingerprint density at radius 1 is 0.931 bits per heavy atom. The Bertz CT molecular complexity index is 825. The summed E-state index contributed by atoms with van der Waals surface area (Å²) in [5.41, 5.74) is 3.84. The van der Waals surface area contributed by atoms with Gasteiger partial charge in [0, 0.05) is 69.8 Å². The zero-order chi connectivity index (χ0) is 20.8. The number of benzene rings is 2. The van der Waals surface area contributed by atoms with Gasteiger partial charge < -0.3 is 20.0 Å². The summed E-state index contributed by atoms with van der Waals surface area (Å²) in [5.74, 6) is -0.180. The SMILES string of the molecule is CC(=O)N(CCC(=O)Nc1ccc(N2CCCC2)cc1)c1ccc(N(C)C)cc1. The number of anilines is 4. The van der Waals surface area contributed by atoms with Gasteiger partial charge in [-0.1, -0.05) is 0 Å². The lowest BCUT2D eigenvalue weighted by atomic mass is 10.2. The van der Waals surface area contributed by atoms with E-state index in [0.717, 1.165) is 30.2 Å². The summed E-state index contributed by atoms with van der Waals surface area (Å²) < 4.78 is 0. The molecule has 6 nitrogen and oxygen atoms in total. The number of carbonyl (C=O) groups excluding carboxylic acids is 2. The van der Waals surface area contributed by atoms with Crippen molar-refractivity contribution >= 4 is 34.6 Å². The van der Waals surface area contributed by atoms with Crippen LogP contribution in [0.15, 0.2) is 48.5 Å². The molecular formula is C23H30N4O2. The number of nitrogens with one attached hydrogen (secondary N) is 1. The molecule has 0 radical (unpaired) electrons. The van der Waals surface area contributed by atoms with Crippen molar-refractivity contribution in [3.63, 3.8) is 0 Å². The fraction of sp³-hybridized carbons (Fsp3) is 0.391. The van der Waals surface area contributed by atoms with E-state index in [1.165, 1.54) is 25.5 Å². The molecule has 1 aliphatic heterocycles. The van der Waals surface area contributed by atoms with Crippen LogP contribution in [0.5, 0.6) is 0 Å². The van der Waals surface area contributed by atoms with Crippen LogP contribution < -0.4 is 20.0 Å². The minimum absolute atomic E-state index is 0.0784. The minimum atomic E-state index is -0.102. The van der Waals surface area contributed by atoms with Crippen molar-refractivity contribution in [1.29, 1.82) is 0 Å². The molecule has 0 bridgehead atoms. The first kappa shape index (κ1) is 20.7. The first-order valence-corrected chi connectivity index (χ1v) is 10.1. The van der Waals surface area contributed by atoms with Crippen molar-refractivity contribution in [3.05, 3.63) is 48.5 Å². The lowest BCUT2D eigenvalue weighted by molar-refractivity contribution is -0.117. The van der Waals surface area contributed by atoms with Crippen molar-refractivity contribution < 1.29 is 9.59 Å². The van der Waals surface area contributed by atoms with Crippen LogP contribution in [0.25, 0.3) is 0 Å². The van der Waals surface area contributed by atoms with Crippen molar-refractivity contribution in [1.82, 2.24) is 0 Å². The lowest BCUT2D eigenvalue weighted by Gasteiger charge is -2.22. The van der Waals surface area contributed by atoms with Crippen LogP contribution in [-0.4, -0.2) is 45.5 Å². The second-order valence-electron chi connectivity index (χ2n) is 7.62. The predicted octanol–water partition coefficient (Wildman–Crippen LogP) is 3.73. The monoisotopic (exact) mass is 394 g/mol. The molecule has 0 atom stereocenters. The first-order chi connectivity index (χ1) is 13.9. The first-order valence-electron chi connectivity index (χ1n) is 10.1. The van der Waals surface area contributed by atoms with Crippen LogP contribution >= 0.6 is 0 Å². The van der Waals surface area contributed by atoms with Crippen LogP contribution in [0, 0.1) is 0 Å². The largest absolute Gasteiger partial charge is 0.378 e. The molecule has 3 rings (SSSR count). The van der Waals surface area contributed by atoms with Crippen LogP contribution in [0.1, 0.15) is 26.2 Å². The average molecular weight is 395 g/mol. The van der Waals surface area contributed by atoms with Gasteiger partial charge in [-0.05, 0) is 61.4 Å². The summed E-state index contributed by atoms with van der Waals surface area (Å²) in [6, 6.07) is 15.7. The molecule has 2 aromatic rings. The van der Waals surface area contributed by atoms with Gasteiger partial charge in [-0.15, -0.1) is 0 Å². The third-order valence-electron chi connectivity index (χ3n) is 5.24. The van der Waals surface area contributed by atoms with E-state index in [9.17, 15) is 9.59 Å². The Balaban J connectivity index is 1.55. The van der Waals surface area contributed by atoms with Gasteiger partial charge in [0.25, 0.3) is 0 Å². The summed E-state index contributed by atoms with van der Waals surface area (Å²) in [7, 11) is 3.94. The van der Waals surface area contributed by atoms with E-state index in [1.807, 2.05) is 55.4 Å².